The highest BCUT2D eigenvalue weighted by atomic mass is 79.9. The van der Waals surface area contributed by atoms with Gasteiger partial charge in [0.2, 0.25) is 0 Å². The van der Waals surface area contributed by atoms with Crippen LogP contribution in [0.2, 0.25) is 0 Å². The fourth-order valence-electron chi connectivity index (χ4n) is 1.83. The van der Waals surface area contributed by atoms with E-state index in [4.69, 9.17) is 0 Å². The third-order valence-corrected chi connectivity index (χ3v) is 3.19. The van der Waals surface area contributed by atoms with Gasteiger partial charge >= 0.3 is 0 Å². The molecule has 0 saturated carbocycles. The molecule has 0 unspecified atom stereocenters. The van der Waals surface area contributed by atoms with E-state index in [1.807, 2.05) is 48.5 Å². The van der Waals surface area contributed by atoms with Crippen LogP contribution in [0, 0.1) is 0 Å². The maximum absolute atomic E-state index is 10.2. The molecule has 2 rings (SSSR count). The summed E-state index contributed by atoms with van der Waals surface area (Å²) in [7, 11) is 0. The van der Waals surface area contributed by atoms with E-state index in [1.165, 1.54) is 0 Å². The first-order valence-corrected chi connectivity index (χ1v) is 6.60. The Bertz CT molecular complexity index is 532. The summed E-state index contributed by atoms with van der Waals surface area (Å²) in [4.78, 5) is 0. The second-order valence-electron chi connectivity index (χ2n) is 4.74. The molecule has 18 heavy (non-hydrogen) atoms. The first-order valence-electron chi connectivity index (χ1n) is 5.81. The van der Waals surface area contributed by atoms with Crippen LogP contribution in [0.1, 0.15) is 19.4 Å². The topological polar surface area (TPSA) is 32.3 Å². The molecule has 3 heteroatoms. The quantitative estimate of drug-likeness (QED) is 0.880. The van der Waals surface area contributed by atoms with Crippen molar-refractivity contribution in [3.8, 4) is 0 Å². The molecule has 2 aromatic carbocycles. The summed E-state index contributed by atoms with van der Waals surface area (Å²) < 4.78 is 0.980. The van der Waals surface area contributed by atoms with Crippen molar-refractivity contribution in [3.63, 3.8) is 0 Å². The molecular formula is C15H16BrNO. The minimum absolute atomic E-state index is 0.870. The maximum Gasteiger partial charge on any atom is 0.0860 e. The lowest BCUT2D eigenvalue weighted by atomic mass is 9.96. The Morgan fingerprint density at radius 1 is 1.06 bits per heavy atom. The van der Waals surface area contributed by atoms with Gasteiger partial charge in [0.25, 0.3) is 0 Å². The molecule has 0 aliphatic carbocycles. The van der Waals surface area contributed by atoms with Crippen molar-refractivity contribution < 1.29 is 5.11 Å². The molecule has 2 nitrogen and oxygen atoms in total. The minimum atomic E-state index is -0.877. The van der Waals surface area contributed by atoms with E-state index in [1.54, 1.807) is 13.8 Å². The van der Waals surface area contributed by atoms with E-state index in [0.717, 1.165) is 21.4 Å². The summed E-state index contributed by atoms with van der Waals surface area (Å²) >= 11 is 3.45. The zero-order valence-electron chi connectivity index (χ0n) is 10.4. The molecule has 0 fully saturated rings. The van der Waals surface area contributed by atoms with E-state index in [2.05, 4.69) is 21.2 Å². The minimum Gasteiger partial charge on any atom is -0.386 e. The number of halogens is 1. The predicted octanol–water partition coefficient (Wildman–Crippen LogP) is 4.42. The molecule has 94 valence electrons. The second kappa shape index (κ2) is 5.12. The van der Waals surface area contributed by atoms with Crippen LogP contribution in [0.5, 0.6) is 0 Å². The SMILES string of the molecule is CC(C)(O)c1ccc(Br)cc1Nc1ccccc1. The molecule has 0 atom stereocenters. The van der Waals surface area contributed by atoms with Crippen molar-refractivity contribution in [1.82, 2.24) is 0 Å². The van der Waals surface area contributed by atoms with Crippen molar-refractivity contribution in [1.29, 1.82) is 0 Å². The number of hydrogen-bond acceptors (Lipinski definition) is 2. The van der Waals surface area contributed by atoms with E-state index in [0.29, 0.717) is 0 Å². The number of aliphatic hydroxyl groups is 1. The molecule has 0 amide bonds. The molecular weight excluding hydrogens is 290 g/mol. The molecule has 2 aromatic rings. The van der Waals surface area contributed by atoms with Crippen LogP contribution < -0.4 is 5.32 Å². The van der Waals surface area contributed by atoms with Gasteiger partial charge in [-0.1, -0.05) is 40.2 Å². The summed E-state index contributed by atoms with van der Waals surface area (Å²) in [5, 5.41) is 13.5. The lowest BCUT2D eigenvalue weighted by molar-refractivity contribution is 0.0793. The lowest BCUT2D eigenvalue weighted by Gasteiger charge is -2.22. The monoisotopic (exact) mass is 305 g/mol. The highest BCUT2D eigenvalue weighted by Crippen LogP contribution is 2.32. The smallest absolute Gasteiger partial charge is 0.0860 e. The molecule has 2 N–H and O–H groups in total. The average molecular weight is 306 g/mol. The van der Waals surface area contributed by atoms with Crippen molar-refractivity contribution in [2.24, 2.45) is 0 Å². The van der Waals surface area contributed by atoms with Crippen LogP contribution >= 0.6 is 15.9 Å². The van der Waals surface area contributed by atoms with Crippen molar-refractivity contribution >= 4 is 27.3 Å². The van der Waals surface area contributed by atoms with Gasteiger partial charge in [0.05, 0.1) is 5.60 Å². The fourth-order valence-corrected chi connectivity index (χ4v) is 2.19. The number of anilines is 2. The van der Waals surface area contributed by atoms with Crippen molar-refractivity contribution in [2.45, 2.75) is 19.4 Å². The van der Waals surface area contributed by atoms with E-state index in [9.17, 15) is 5.11 Å². The molecule has 0 aliphatic rings. The molecule has 0 saturated heterocycles. The van der Waals surface area contributed by atoms with Crippen LogP contribution in [0.15, 0.2) is 53.0 Å². The van der Waals surface area contributed by atoms with Gasteiger partial charge in [0.1, 0.15) is 0 Å². The van der Waals surface area contributed by atoms with Crippen LogP contribution in [0.3, 0.4) is 0 Å². The number of hydrogen-bond donors (Lipinski definition) is 2. The van der Waals surface area contributed by atoms with Crippen molar-refractivity contribution in [2.75, 3.05) is 5.32 Å². The summed E-state index contributed by atoms with van der Waals surface area (Å²) in [5.74, 6) is 0. The van der Waals surface area contributed by atoms with Gasteiger partial charge in [0, 0.05) is 21.4 Å². The number of benzene rings is 2. The van der Waals surface area contributed by atoms with Crippen LogP contribution in [-0.4, -0.2) is 5.11 Å². The molecule has 0 radical (unpaired) electrons. The highest BCUT2D eigenvalue weighted by Gasteiger charge is 2.20. The molecule has 0 aromatic heterocycles. The normalized spacial score (nSPS) is 11.3. The Hall–Kier alpha value is -1.32. The van der Waals surface area contributed by atoms with Gasteiger partial charge in [-0.25, -0.2) is 0 Å². The molecule has 0 spiro atoms. The fraction of sp³-hybridized carbons (Fsp3) is 0.200. The third kappa shape index (κ3) is 3.12. The van der Waals surface area contributed by atoms with Gasteiger partial charge in [-0.3, -0.25) is 0 Å². The molecule has 0 aliphatic heterocycles. The van der Waals surface area contributed by atoms with Crippen LogP contribution in [0.25, 0.3) is 0 Å². The summed E-state index contributed by atoms with van der Waals surface area (Å²) in [6, 6.07) is 15.8. The Kier molecular flexibility index (Phi) is 3.73. The largest absolute Gasteiger partial charge is 0.386 e. The van der Waals surface area contributed by atoms with Crippen LogP contribution in [-0.2, 0) is 5.60 Å². The molecule has 0 heterocycles. The summed E-state index contributed by atoms with van der Waals surface area (Å²) in [6.45, 7) is 3.57. The Balaban J connectivity index is 2.40. The Labute approximate surface area is 116 Å². The van der Waals surface area contributed by atoms with Gasteiger partial charge in [-0.2, -0.15) is 0 Å². The van der Waals surface area contributed by atoms with E-state index >= 15 is 0 Å². The summed E-state index contributed by atoms with van der Waals surface area (Å²) in [5.41, 5.74) is 1.90. The standard InChI is InChI=1S/C15H16BrNO/c1-15(2,18)13-9-8-11(16)10-14(13)17-12-6-4-3-5-7-12/h3-10,17-18H,1-2H3. The maximum atomic E-state index is 10.2. The Morgan fingerprint density at radius 2 is 1.72 bits per heavy atom. The van der Waals surface area contributed by atoms with Gasteiger partial charge in [-0.15, -0.1) is 0 Å². The number of rotatable bonds is 3. The van der Waals surface area contributed by atoms with Gasteiger partial charge < -0.3 is 10.4 Å². The summed E-state index contributed by atoms with van der Waals surface area (Å²) in [6.07, 6.45) is 0. The second-order valence-corrected chi connectivity index (χ2v) is 5.66. The van der Waals surface area contributed by atoms with Gasteiger partial charge in [0.15, 0.2) is 0 Å². The van der Waals surface area contributed by atoms with Crippen molar-refractivity contribution in [3.05, 3.63) is 58.6 Å². The van der Waals surface area contributed by atoms with Gasteiger partial charge in [-0.05, 0) is 38.1 Å². The van der Waals surface area contributed by atoms with Crippen LogP contribution in [0.4, 0.5) is 11.4 Å². The zero-order chi connectivity index (χ0) is 13.2. The number of nitrogens with one attached hydrogen (secondary N) is 1. The third-order valence-electron chi connectivity index (χ3n) is 2.69. The number of para-hydroxylation sites is 1. The average Bonchev–Trinajstić information content (AvgIpc) is 2.28. The highest BCUT2D eigenvalue weighted by molar-refractivity contribution is 9.10. The zero-order valence-corrected chi connectivity index (χ0v) is 12.0. The predicted molar refractivity (Wildman–Crippen MR) is 79.1 cm³/mol. The van der Waals surface area contributed by atoms with E-state index < -0.39 is 5.60 Å². The van der Waals surface area contributed by atoms with E-state index in [-0.39, 0.29) is 0 Å². The first-order chi connectivity index (χ1) is 8.47. The first kappa shape index (κ1) is 13.1. The Morgan fingerprint density at radius 3 is 2.33 bits per heavy atom. The lowest BCUT2D eigenvalue weighted by Crippen LogP contribution is -2.17. The molecule has 0 bridgehead atoms.